The number of benzene rings is 1. The van der Waals surface area contributed by atoms with Gasteiger partial charge in [0.05, 0.1) is 0 Å². The highest BCUT2D eigenvalue weighted by Gasteiger charge is 2.34. The summed E-state index contributed by atoms with van der Waals surface area (Å²) in [7, 11) is 0. The van der Waals surface area contributed by atoms with Crippen LogP contribution in [-0.2, 0) is 5.41 Å². The van der Waals surface area contributed by atoms with E-state index in [4.69, 9.17) is 0 Å². The molecule has 0 saturated heterocycles. The molecule has 0 radical (unpaired) electrons. The quantitative estimate of drug-likeness (QED) is 0.496. The van der Waals surface area contributed by atoms with Gasteiger partial charge in [-0.1, -0.05) is 61.9 Å². The summed E-state index contributed by atoms with van der Waals surface area (Å²) in [6.45, 7) is 17.4. The Morgan fingerprint density at radius 3 is 2.25 bits per heavy atom. The number of hydrogen-bond acceptors (Lipinski definition) is 1. The van der Waals surface area contributed by atoms with Crippen molar-refractivity contribution in [2.75, 3.05) is 5.32 Å². The molecule has 0 spiro atoms. The molecule has 0 aromatic heterocycles. The Hall–Kier alpha value is -2.54. The molecule has 1 aromatic rings. The average Bonchev–Trinajstić information content (AvgIpc) is 2.85. The second-order valence-corrected chi connectivity index (χ2v) is 8.12. The number of allylic oxidation sites excluding steroid dienone is 12. The summed E-state index contributed by atoms with van der Waals surface area (Å²) < 4.78 is 0. The van der Waals surface area contributed by atoms with E-state index in [1.165, 1.54) is 33.4 Å². The maximum absolute atomic E-state index is 3.56. The van der Waals surface area contributed by atoms with Crippen LogP contribution < -0.4 is 5.32 Å². The molecule has 0 fully saturated rings. The summed E-state index contributed by atoms with van der Waals surface area (Å²) in [4.78, 5) is 0. The van der Waals surface area contributed by atoms with Crippen molar-refractivity contribution in [3.63, 3.8) is 0 Å². The summed E-state index contributed by atoms with van der Waals surface area (Å²) in [5.74, 6) is 0. The zero-order chi connectivity index (χ0) is 20.9. The van der Waals surface area contributed by atoms with Crippen LogP contribution in [0.15, 0.2) is 83.1 Å². The normalized spacial score (nSPS) is 17.8. The fraction of sp³-hybridized carbons (Fsp3) is 0.333. The Kier molecular flexibility index (Phi) is 7.07. The Morgan fingerprint density at radius 1 is 0.929 bits per heavy atom. The lowest BCUT2D eigenvalue weighted by atomic mass is 9.82. The Labute approximate surface area is 172 Å². The second kappa shape index (κ2) is 9.10. The second-order valence-electron chi connectivity index (χ2n) is 8.12. The molecule has 1 aromatic carbocycles. The molecule has 2 rings (SSSR count). The van der Waals surface area contributed by atoms with E-state index in [2.05, 4.69) is 108 Å². The highest BCUT2D eigenvalue weighted by molar-refractivity contribution is 5.86. The lowest BCUT2D eigenvalue weighted by Crippen LogP contribution is -2.15. The number of nitrogens with one attached hydrogen (secondary N) is 1. The highest BCUT2D eigenvalue weighted by Crippen LogP contribution is 2.47. The zero-order valence-corrected chi connectivity index (χ0v) is 18.8. The van der Waals surface area contributed by atoms with Crippen LogP contribution in [0.25, 0.3) is 5.57 Å². The molecule has 0 unspecified atom stereocenters. The topological polar surface area (TPSA) is 12.0 Å². The van der Waals surface area contributed by atoms with E-state index < -0.39 is 0 Å². The minimum Gasteiger partial charge on any atom is -0.359 e. The van der Waals surface area contributed by atoms with Crippen molar-refractivity contribution in [1.29, 1.82) is 0 Å². The maximum Gasteiger partial charge on any atom is 0.0385 e. The first-order valence-electron chi connectivity index (χ1n) is 10.1. The van der Waals surface area contributed by atoms with Gasteiger partial charge in [-0.25, -0.2) is 0 Å². The van der Waals surface area contributed by atoms with Crippen molar-refractivity contribution >= 4 is 11.3 Å². The molecule has 28 heavy (non-hydrogen) atoms. The van der Waals surface area contributed by atoms with Crippen LogP contribution in [0.4, 0.5) is 5.69 Å². The van der Waals surface area contributed by atoms with Crippen molar-refractivity contribution in [1.82, 2.24) is 0 Å². The number of rotatable bonds is 6. The lowest BCUT2D eigenvalue weighted by Gasteiger charge is -2.23. The van der Waals surface area contributed by atoms with Crippen molar-refractivity contribution in [2.45, 2.75) is 60.8 Å². The van der Waals surface area contributed by atoms with Gasteiger partial charge in [-0.2, -0.15) is 0 Å². The number of hydrogen-bond donors (Lipinski definition) is 1. The van der Waals surface area contributed by atoms with Crippen molar-refractivity contribution < 1.29 is 0 Å². The molecule has 148 valence electrons. The smallest absolute Gasteiger partial charge is 0.0385 e. The van der Waals surface area contributed by atoms with E-state index in [9.17, 15) is 0 Å². The maximum atomic E-state index is 3.56. The van der Waals surface area contributed by atoms with Crippen LogP contribution in [0.3, 0.4) is 0 Å². The molecule has 0 saturated carbocycles. The van der Waals surface area contributed by atoms with E-state index in [0.717, 1.165) is 11.4 Å². The first kappa shape index (κ1) is 21.8. The third kappa shape index (κ3) is 4.65. The SMILES string of the molecule is C\C=C/C=C(C)/C(C)=C/C=C(\C)Nc1ccc2c(c1)C(C)(C)C(C)=C2/C=C\C. The van der Waals surface area contributed by atoms with Crippen LogP contribution in [0.2, 0.25) is 0 Å². The molecule has 1 N–H and O–H groups in total. The molecule has 0 heterocycles. The van der Waals surface area contributed by atoms with Gasteiger partial charge in [0.25, 0.3) is 0 Å². The first-order chi connectivity index (χ1) is 13.2. The molecule has 1 nitrogen and oxygen atoms in total. The van der Waals surface area contributed by atoms with Crippen molar-refractivity contribution in [2.24, 2.45) is 0 Å². The van der Waals surface area contributed by atoms with Crippen LogP contribution in [0.1, 0.15) is 66.5 Å². The summed E-state index contributed by atoms with van der Waals surface area (Å²) in [5, 5.41) is 3.56. The molecule has 1 aliphatic rings. The van der Waals surface area contributed by atoms with Gasteiger partial charge in [-0.3, -0.25) is 0 Å². The fourth-order valence-corrected chi connectivity index (χ4v) is 3.52. The highest BCUT2D eigenvalue weighted by atomic mass is 14.9. The van der Waals surface area contributed by atoms with Crippen molar-refractivity contribution in [3.8, 4) is 0 Å². The van der Waals surface area contributed by atoms with E-state index in [1.54, 1.807) is 0 Å². The van der Waals surface area contributed by atoms with Crippen molar-refractivity contribution in [3.05, 3.63) is 94.3 Å². The van der Waals surface area contributed by atoms with Gasteiger partial charge in [0.1, 0.15) is 0 Å². The predicted octanol–water partition coefficient (Wildman–Crippen LogP) is 8.11. The van der Waals surface area contributed by atoms with Gasteiger partial charge >= 0.3 is 0 Å². The van der Waals surface area contributed by atoms with E-state index in [1.807, 2.05) is 13.0 Å². The van der Waals surface area contributed by atoms with Crippen LogP contribution >= 0.6 is 0 Å². The van der Waals surface area contributed by atoms with E-state index in [0.29, 0.717) is 0 Å². The number of anilines is 1. The minimum atomic E-state index is 0.0602. The summed E-state index contributed by atoms with van der Waals surface area (Å²) >= 11 is 0. The molecular formula is C27H35N. The third-order valence-electron chi connectivity index (χ3n) is 5.74. The van der Waals surface area contributed by atoms with E-state index >= 15 is 0 Å². The Morgan fingerprint density at radius 2 is 1.61 bits per heavy atom. The van der Waals surface area contributed by atoms with Crippen LogP contribution in [0, 0.1) is 0 Å². The molecular weight excluding hydrogens is 338 g/mol. The van der Waals surface area contributed by atoms with Crippen LogP contribution in [-0.4, -0.2) is 0 Å². The molecule has 0 bridgehead atoms. The van der Waals surface area contributed by atoms with Gasteiger partial charge in [0, 0.05) is 16.8 Å². The summed E-state index contributed by atoms with van der Waals surface area (Å²) in [6.07, 6.45) is 14.9. The standard InChI is InChI=1S/C27H35N/c1-9-11-13-19(3)20(4)14-15-21(5)28-23-16-17-25-24(12-10-2)22(6)27(7,8)26(25)18-23/h9-18,28H,1-8H3/b11-9-,12-10-,19-13+,20-14+,21-15+. The average molecular weight is 374 g/mol. The van der Waals surface area contributed by atoms with Crippen LogP contribution in [0.5, 0.6) is 0 Å². The molecule has 0 aliphatic heterocycles. The first-order valence-corrected chi connectivity index (χ1v) is 10.1. The van der Waals surface area contributed by atoms with Gasteiger partial charge in [-0.05, 0) is 87.6 Å². The monoisotopic (exact) mass is 373 g/mol. The van der Waals surface area contributed by atoms with Gasteiger partial charge < -0.3 is 5.32 Å². The fourth-order valence-electron chi connectivity index (χ4n) is 3.52. The number of fused-ring (bicyclic) bond motifs is 1. The van der Waals surface area contributed by atoms with Gasteiger partial charge in [-0.15, -0.1) is 0 Å². The summed E-state index contributed by atoms with van der Waals surface area (Å²) in [6, 6.07) is 6.74. The predicted molar refractivity (Wildman–Crippen MR) is 127 cm³/mol. The molecule has 0 atom stereocenters. The molecule has 1 heteroatoms. The van der Waals surface area contributed by atoms with Gasteiger partial charge in [0.2, 0.25) is 0 Å². The van der Waals surface area contributed by atoms with Gasteiger partial charge in [0.15, 0.2) is 0 Å². The lowest BCUT2D eigenvalue weighted by molar-refractivity contribution is 0.639. The zero-order valence-electron chi connectivity index (χ0n) is 18.8. The molecule has 0 amide bonds. The Balaban J connectivity index is 2.25. The largest absolute Gasteiger partial charge is 0.359 e. The van der Waals surface area contributed by atoms with E-state index in [-0.39, 0.29) is 5.41 Å². The minimum absolute atomic E-state index is 0.0602. The molecule has 1 aliphatic carbocycles. The third-order valence-corrected chi connectivity index (χ3v) is 5.74. The summed E-state index contributed by atoms with van der Waals surface area (Å²) in [5.41, 5.74) is 10.4. The Bertz CT molecular complexity index is 912.